The number of furan rings is 1. The molecule has 0 saturated carbocycles. The third-order valence-electron chi connectivity index (χ3n) is 12.0. The molecule has 1 N–H and O–H groups in total. The Labute approximate surface area is 294 Å². The Morgan fingerprint density at radius 2 is 1.40 bits per heavy atom. The number of para-hydroxylation sites is 3. The second-order valence-electron chi connectivity index (χ2n) is 16.2. The summed E-state index contributed by atoms with van der Waals surface area (Å²) in [5.74, 6) is 0. The monoisotopic (exact) mass is 648 g/mol. The summed E-state index contributed by atoms with van der Waals surface area (Å²) in [7, 11) is 0.866. The van der Waals surface area contributed by atoms with Crippen molar-refractivity contribution in [3.63, 3.8) is 0 Å². The van der Waals surface area contributed by atoms with Crippen molar-refractivity contribution in [2.45, 2.75) is 65.2 Å². The van der Waals surface area contributed by atoms with Crippen molar-refractivity contribution in [2.75, 3.05) is 5.32 Å². The molecule has 1 aliphatic carbocycles. The number of aromatic nitrogens is 1. The first-order valence-corrected chi connectivity index (χ1v) is 18.1. The van der Waals surface area contributed by atoms with Gasteiger partial charge in [0.2, 0.25) is 0 Å². The number of hydrogen-bond donors (Lipinski definition) is 1. The van der Waals surface area contributed by atoms with Crippen LogP contribution in [0.1, 0.15) is 62.8 Å². The van der Waals surface area contributed by atoms with Crippen molar-refractivity contribution in [1.29, 1.82) is 0 Å². The lowest BCUT2D eigenvalue weighted by atomic mass is 9.58. The van der Waals surface area contributed by atoms with Gasteiger partial charge >= 0.3 is 0 Å². The molecule has 8 aromatic rings. The normalized spacial score (nSPS) is 15.7. The van der Waals surface area contributed by atoms with Crippen LogP contribution >= 0.6 is 0 Å². The molecule has 3 heterocycles. The average molecular weight is 649 g/mol. The van der Waals surface area contributed by atoms with Crippen LogP contribution in [0.25, 0.3) is 60.6 Å². The molecular formula is C46H41BN2O. The highest BCUT2D eigenvalue weighted by Gasteiger charge is 2.37. The molecule has 2 aliphatic rings. The molecule has 0 spiro atoms. The van der Waals surface area contributed by atoms with Gasteiger partial charge in [0.1, 0.15) is 11.2 Å². The van der Waals surface area contributed by atoms with Gasteiger partial charge in [0.15, 0.2) is 7.28 Å². The van der Waals surface area contributed by atoms with E-state index in [0.717, 1.165) is 34.9 Å². The van der Waals surface area contributed by atoms with Gasteiger partial charge in [0.05, 0.1) is 5.52 Å². The molecule has 3 nitrogen and oxygen atoms in total. The van der Waals surface area contributed by atoms with E-state index in [2.05, 4.69) is 155 Å². The van der Waals surface area contributed by atoms with E-state index >= 15 is 0 Å². The zero-order valence-electron chi connectivity index (χ0n) is 29.8. The summed E-state index contributed by atoms with van der Waals surface area (Å²) >= 11 is 0. The molecule has 0 bridgehead atoms. The summed E-state index contributed by atoms with van der Waals surface area (Å²) in [5, 5.41) is 8.98. The highest BCUT2D eigenvalue weighted by atomic mass is 16.3. The highest BCUT2D eigenvalue weighted by molar-refractivity contribution is 6.73. The number of nitrogens with zero attached hydrogens (tertiary/aromatic N) is 1. The lowest BCUT2D eigenvalue weighted by Crippen LogP contribution is -2.37. The van der Waals surface area contributed by atoms with Crippen molar-refractivity contribution >= 4 is 73.3 Å². The third kappa shape index (κ3) is 4.11. The van der Waals surface area contributed by atoms with Crippen LogP contribution in [0.2, 0.25) is 0 Å². The van der Waals surface area contributed by atoms with E-state index in [0.29, 0.717) is 0 Å². The smallest absolute Gasteiger partial charge is 0.198 e. The lowest BCUT2D eigenvalue weighted by molar-refractivity contribution is 0.332. The van der Waals surface area contributed by atoms with Crippen LogP contribution in [-0.2, 0) is 10.8 Å². The molecule has 0 saturated heterocycles. The molecule has 0 unspecified atom stereocenters. The van der Waals surface area contributed by atoms with Crippen LogP contribution in [0.4, 0.5) is 11.4 Å². The van der Waals surface area contributed by atoms with Crippen LogP contribution in [-0.4, -0.2) is 11.8 Å². The molecule has 0 radical (unpaired) electrons. The molecule has 6 aromatic carbocycles. The van der Waals surface area contributed by atoms with Gasteiger partial charge in [-0.3, -0.25) is 0 Å². The number of aryl methyl sites for hydroxylation is 2. The zero-order valence-corrected chi connectivity index (χ0v) is 29.8. The van der Waals surface area contributed by atoms with Gasteiger partial charge < -0.3 is 14.3 Å². The maximum absolute atomic E-state index is 6.56. The van der Waals surface area contributed by atoms with Crippen LogP contribution in [0.5, 0.6) is 0 Å². The van der Waals surface area contributed by atoms with Crippen molar-refractivity contribution in [3.05, 3.63) is 125 Å². The summed E-state index contributed by atoms with van der Waals surface area (Å²) in [6.45, 7) is 14.1. The van der Waals surface area contributed by atoms with E-state index < -0.39 is 0 Å². The van der Waals surface area contributed by atoms with E-state index in [9.17, 15) is 0 Å². The molecule has 0 fully saturated rings. The fourth-order valence-corrected chi connectivity index (χ4v) is 9.28. The first kappa shape index (κ1) is 29.7. The zero-order chi connectivity index (χ0) is 34.1. The summed E-state index contributed by atoms with van der Waals surface area (Å²) in [5.41, 5.74) is 18.9. The molecular weight excluding hydrogens is 607 g/mol. The first-order valence-electron chi connectivity index (χ1n) is 18.1. The lowest BCUT2D eigenvalue weighted by Gasteiger charge is -2.42. The number of hydrogen-bond acceptors (Lipinski definition) is 2. The molecule has 244 valence electrons. The number of nitrogens with one attached hydrogen (secondary N) is 1. The van der Waals surface area contributed by atoms with Gasteiger partial charge in [-0.05, 0) is 107 Å². The fraction of sp³-hybridized carbons (Fsp3) is 0.217. The minimum absolute atomic E-state index is 0.121. The van der Waals surface area contributed by atoms with Gasteiger partial charge in [-0.15, -0.1) is 0 Å². The van der Waals surface area contributed by atoms with Crippen molar-refractivity contribution < 1.29 is 4.42 Å². The predicted molar refractivity (Wildman–Crippen MR) is 214 cm³/mol. The van der Waals surface area contributed by atoms with Crippen molar-refractivity contribution in [1.82, 2.24) is 4.57 Å². The van der Waals surface area contributed by atoms with Gasteiger partial charge in [0, 0.05) is 49.7 Å². The Bertz CT molecular complexity index is 2740. The molecule has 0 atom stereocenters. The Balaban J connectivity index is 1.27. The Kier molecular flexibility index (Phi) is 6.04. The van der Waals surface area contributed by atoms with E-state index in [1.54, 1.807) is 0 Å². The maximum atomic E-state index is 6.56. The van der Waals surface area contributed by atoms with Crippen LogP contribution < -0.4 is 16.2 Å². The minimum Gasteiger partial charge on any atom is -0.456 e. The van der Waals surface area contributed by atoms with E-state index in [4.69, 9.17) is 4.42 Å². The van der Waals surface area contributed by atoms with Gasteiger partial charge in [-0.1, -0.05) is 99.9 Å². The summed E-state index contributed by atoms with van der Waals surface area (Å²) in [4.78, 5) is 0. The Morgan fingerprint density at radius 3 is 2.22 bits per heavy atom. The van der Waals surface area contributed by atoms with Crippen LogP contribution in [0.15, 0.2) is 108 Å². The van der Waals surface area contributed by atoms with Gasteiger partial charge in [0.25, 0.3) is 0 Å². The topological polar surface area (TPSA) is 30.1 Å². The maximum Gasteiger partial charge on any atom is 0.198 e. The van der Waals surface area contributed by atoms with Crippen molar-refractivity contribution in [3.8, 4) is 16.8 Å². The first-order chi connectivity index (χ1) is 24.1. The molecule has 50 heavy (non-hydrogen) atoms. The van der Waals surface area contributed by atoms with E-state index in [-0.39, 0.29) is 10.8 Å². The van der Waals surface area contributed by atoms with Gasteiger partial charge in [-0.2, -0.15) is 0 Å². The molecule has 4 heteroatoms. The van der Waals surface area contributed by atoms with E-state index in [1.165, 1.54) is 90.3 Å². The third-order valence-corrected chi connectivity index (χ3v) is 12.0. The minimum atomic E-state index is 0.121. The molecule has 10 rings (SSSR count). The number of fused-ring (bicyclic) bond motifs is 9. The average Bonchev–Trinajstić information content (AvgIpc) is 3.65. The van der Waals surface area contributed by atoms with Gasteiger partial charge in [-0.25, -0.2) is 0 Å². The van der Waals surface area contributed by atoms with Crippen LogP contribution in [0.3, 0.4) is 0 Å². The molecule has 2 aromatic heterocycles. The second-order valence-corrected chi connectivity index (χ2v) is 16.2. The Morgan fingerprint density at radius 1 is 0.680 bits per heavy atom. The fourth-order valence-electron chi connectivity index (χ4n) is 9.28. The SMILES string of the molecule is Cc1cc(-c2c(Nc3cc4c(cc3C)C(C)(C)CCC4(C)C)ccc3oc4ccccc4c23)c2c(c1)-n1c3ccccc3c3cccc(c31)B2. The van der Waals surface area contributed by atoms with E-state index in [1.807, 2.05) is 0 Å². The standard InChI is InChI=1S/C46H41BN2O/c1-26-22-31(43-38(23-26)49-37-16-9-7-12-28(37)29-14-11-15-34(47-43)44(29)49)41-35(18-19-40-42(41)30-13-8-10-17-39(30)50-40)48-36-25-33-32(24-27(36)2)45(3,4)20-21-46(33,5)6/h7-19,22-25,47-48H,20-21H2,1-6H3. The highest BCUT2D eigenvalue weighted by Crippen LogP contribution is 2.49. The second kappa shape index (κ2) is 10.2. The largest absolute Gasteiger partial charge is 0.456 e. The number of benzene rings is 6. The Hall–Kier alpha value is -5.22. The predicted octanol–water partition coefficient (Wildman–Crippen LogP) is 10.8. The number of anilines is 2. The summed E-state index contributed by atoms with van der Waals surface area (Å²) in [6, 6.07) is 38.3. The molecule has 0 amide bonds. The quantitative estimate of drug-likeness (QED) is 0.193. The summed E-state index contributed by atoms with van der Waals surface area (Å²) in [6.07, 6.45) is 2.39. The van der Waals surface area contributed by atoms with Crippen molar-refractivity contribution in [2.24, 2.45) is 0 Å². The van der Waals surface area contributed by atoms with Crippen LogP contribution in [0, 0.1) is 13.8 Å². The molecule has 1 aliphatic heterocycles. The number of rotatable bonds is 3. The summed E-state index contributed by atoms with van der Waals surface area (Å²) < 4.78 is 9.08.